The third-order valence-corrected chi connectivity index (χ3v) is 5.55. The summed E-state index contributed by atoms with van der Waals surface area (Å²) < 4.78 is 0. The fourth-order valence-corrected chi connectivity index (χ4v) is 4.16. The molecule has 6 heteroatoms. The smallest absolute Gasteiger partial charge is 0.315 e. The summed E-state index contributed by atoms with van der Waals surface area (Å²) in [6.07, 6.45) is 2.51. The maximum absolute atomic E-state index is 12.0. The van der Waals surface area contributed by atoms with Gasteiger partial charge in [0.1, 0.15) is 0 Å². The summed E-state index contributed by atoms with van der Waals surface area (Å²) in [7, 11) is 0. The van der Waals surface area contributed by atoms with Crippen LogP contribution in [-0.2, 0) is 6.54 Å². The van der Waals surface area contributed by atoms with E-state index in [9.17, 15) is 4.79 Å². The first kappa shape index (κ1) is 15.5. The van der Waals surface area contributed by atoms with Crippen LogP contribution in [0.5, 0.6) is 0 Å². The molecule has 0 aliphatic carbocycles. The Morgan fingerprint density at radius 3 is 2.77 bits per heavy atom. The molecular formula is C16H21N3OS2. The van der Waals surface area contributed by atoms with Crippen LogP contribution in [0.15, 0.2) is 34.3 Å². The molecule has 4 nitrogen and oxygen atoms in total. The van der Waals surface area contributed by atoms with E-state index in [2.05, 4.69) is 32.4 Å². The van der Waals surface area contributed by atoms with Crippen LogP contribution in [0.25, 0.3) is 0 Å². The zero-order valence-electron chi connectivity index (χ0n) is 12.5. The molecule has 2 aromatic rings. The van der Waals surface area contributed by atoms with Crippen molar-refractivity contribution in [3.8, 4) is 0 Å². The van der Waals surface area contributed by atoms with Gasteiger partial charge in [0.25, 0.3) is 0 Å². The fourth-order valence-electron chi connectivity index (χ4n) is 2.81. The first-order chi connectivity index (χ1) is 10.8. The largest absolute Gasteiger partial charge is 0.336 e. The van der Waals surface area contributed by atoms with Crippen molar-refractivity contribution in [1.82, 2.24) is 15.5 Å². The predicted octanol–water partition coefficient (Wildman–Crippen LogP) is 3.45. The van der Waals surface area contributed by atoms with Gasteiger partial charge in [-0.1, -0.05) is 6.07 Å². The molecule has 1 saturated heterocycles. The van der Waals surface area contributed by atoms with E-state index in [1.54, 1.807) is 22.7 Å². The molecule has 3 rings (SSSR count). The minimum Gasteiger partial charge on any atom is -0.336 e. The van der Waals surface area contributed by atoms with Gasteiger partial charge in [0.15, 0.2) is 0 Å². The Balaban J connectivity index is 1.51. The molecule has 1 aliphatic heterocycles. The Labute approximate surface area is 139 Å². The van der Waals surface area contributed by atoms with Crippen LogP contribution < -0.4 is 10.6 Å². The molecule has 0 radical (unpaired) electrons. The topological polar surface area (TPSA) is 44.4 Å². The van der Waals surface area contributed by atoms with Crippen LogP contribution in [-0.4, -0.2) is 30.6 Å². The van der Waals surface area contributed by atoms with Gasteiger partial charge in [0, 0.05) is 11.4 Å². The van der Waals surface area contributed by atoms with Gasteiger partial charge < -0.3 is 10.6 Å². The number of carbonyl (C=O) groups is 1. The van der Waals surface area contributed by atoms with Crippen LogP contribution >= 0.6 is 22.7 Å². The van der Waals surface area contributed by atoms with E-state index >= 15 is 0 Å². The number of urea groups is 1. The lowest BCUT2D eigenvalue weighted by Crippen LogP contribution is -2.41. The van der Waals surface area contributed by atoms with E-state index in [1.165, 1.54) is 23.3 Å². The lowest BCUT2D eigenvalue weighted by molar-refractivity contribution is 0.221. The van der Waals surface area contributed by atoms with Crippen molar-refractivity contribution in [2.75, 3.05) is 19.6 Å². The van der Waals surface area contributed by atoms with Crippen LogP contribution in [0.2, 0.25) is 0 Å². The zero-order chi connectivity index (χ0) is 15.2. The predicted molar refractivity (Wildman–Crippen MR) is 92.4 cm³/mol. The van der Waals surface area contributed by atoms with E-state index in [-0.39, 0.29) is 6.03 Å². The molecule has 3 heterocycles. The molecule has 2 N–H and O–H groups in total. The average molecular weight is 335 g/mol. The maximum Gasteiger partial charge on any atom is 0.315 e. The number of hydrogen-bond donors (Lipinski definition) is 2. The van der Waals surface area contributed by atoms with Crippen molar-refractivity contribution in [3.05, 3.63) is 44.8 Å². The van der Waals surface area contributed by atoms with Gasteiger partial charge in [0.2, 0.25) is 0 Å². The molecule has 0 aromatic carbocycles. The molecule has 2 amide bonds. The summed E-state index contributed by atoms with van der Waals surface area (Å²) in [5.41, 5.74) is 1.31. The van der Waals surface area contributed by atoms with Gasteiger partial charge >= 0.3 is 6.03 Å². The van der Waals surface area contributed by atoms with Crippen molar-refractivity contribution < 1.29 is 4.79 Å². The second-order valence-electron chi connectivity index (χ2n) is 5.46. The zero-order valence-corrected chi connectivity index (χ0v) is 14.1. The Morgan fingerprint density at radius 1 is 1.23 bits per heavy atom. The van der Waals surface area contributed by atoms with Gasteiger partial charge in [-0.05, 0) is 59.8 Å². The van der Waals surface area contributed by atoms with E-state index < -0.39 is 0 Å². The number of carbonyl (C=O) groups excluding carboxylic acids is 1. The van der Waals surface area contributed by atoms with E-state index in [0.29, 0.717) is 19.1 Å². The second-order valence-corrected chi connectivity index (χ2v) is 7.27. The highest BCUT2D eigenvalue weighted by molar-refractivity contribution is 7.09. The third-order valence-electron chi connectivity index (χ3n) is 3.97. The van der Waals surface area contributed by atoms with Crippen LogP contribution in [0.1, 0.15) is 29.3 Å². The number of likely N-dealkylation sites (tertiary alicyclic amines) is 1. The molecule has 1 atom stereocenters. The summed E-state index contributed by atoms with van der Waals surface area (Å²) in [6.45, 7) is 3.50. The minimum atomic E-state index is -0.0900. The first-order valence-electron chi connectivity index (χ1n) is 7.63. The number of nitrogens with zero attached hydrogens (tertiary/aromatic N) is 1. The molecule has 1 fully saturated rings. The van der Waals surface area contributed by atoms with Crippen molar-refractivity contribution >= 4 is 28.7 Å². The molecule has 22 heavy (non-hydrogen) atoms. The molecule has 118 valence electrons. The highest BCUT2D eigenvalue weighted by Gasteiger charge is 2.24. The second kappa shape index (κ2) is 7.76. The van der Waals surface area contributed by atoms with Crippen LogP contribution in [0.4, 0.5) is 4.79 Å². The Bertz CT molecular complexity index is 562. The Morgan fingerprint density at radius 2 is 2.09 bits per heavy atom. The molecule has 0 spiro atoms. The summed E-state index contributed by atoms with van der Waals surface area (Å²) in [5.74, 6) is 0. The molecule has 0 unspecified atom stereocenters. The summed E-state index contributed by atoms with van der Waals surface area (Å²) in [6, 6.07) is 6.40. The number of nitrogens with one attached hydrogen (secondary N) is 2. The summed E-state index contributed by atoms with van der Waals surface area (Å²) in [5, 5.41) is 12.3. The maximum atomic E-state index is 12.0. The Hall–Kier alpha value is -1.37. The SMILES string of the molecule is O=C(NCc1cccs1)NC[C@H](c1ccsc1)N1CCCC1. The quantitative estimate of drug-likeness (QED) is 0.849. The van der Waals surface area contributed by atoms with Crippen LogP contribution in [0, 0.1) is 0 Å². The molecule has 0 saturated carbocycles. The van der Waals surface area contributed by atoms with E-state index in [1.807, 2.05) is 17.5 Å². The third kappa shape index (κ3) is 4.09. The van der Waals surface area contributed by atoms with Gasteiger partial charge in [-0.2, -0.15) is 11.3 Å². The van der Waals surface area contributed by atoms with Crippen molar-refractivity contribution in [3.63, 3.8) is 0 Å². The number of amides is 2. The highest BCUT2D eigenvalue weighted by atomic mass is 32.1. The van der Waals surface area contributed by atoms with Crippen LogP contribution in [0.3, 0.4) is 0 Å². The fraction of sp³-hybridized carbons (Fsp3) is 0.438. The molecule has 0 bridgehead atoms. The molecule has 2 aromatic heterocycles. The van der Waals surface area contributed by atoms with E-state index in [0.717, 1.165) is 13.1 Å². The lowest BCUT2D eigenvalue weighted by atomic mass is 10.1. The summed E-state index contributed by atoms with van der Waals surface area (Å²) >= 11 is 3.37. The minimum absolute atomic E-state index is 0.0900. The van der Waals surface area contributed by atoms with Crippen molar-refractivity contribution in [2.45, 2.75) is 25.4 Å². The number of hydrogen-bond acceptors (Lipinski definition) is 4. The number of rotatable bonds is 6. The lowest BCUT2D eigenvalue weighted by Gasteiger charge is -2.27. The highest BCUT2D eigenvalue weighted by Crippen LogP contribution is 2.26. The van der Waals surface area contributed by atoms with E-state index in [4.69, 9.17) is 0 Å². The van der Waals surface area contributed by atoms with Gasteiger partial charge in [-0.15, -0.1) is 11.3 Å². The van der Waals surface area contributed by atoms with Gasteiger partial charge in [-0.3, -0.25) is 4.90 Å². The standard InChI is InChI=1S/C16H21N3OS2/c20-16(17-10-14-4-3-8-22-14)18-11-15(13-5-9-21-12-13)19-6-1-2-7-19/h3-5,8-9,12,15H,1-2,6-7,10-11H2,(H2,17,18,20)/t15-/m1/s1. The normalized spacial score (nSPS) is 16.5. The molecular weight excluding hydrogens is 314 g/mol. The monoisotopic (exact) mass is 335 g/mol. The average Bonchev–Trinajstić information content (AvgIpc) is 3.27. The van der Waals surface area contributed by atoms with Crippen molar-refractivity contribution in [1.29, 1.82) is 0 Å². The van der Waals surface area contributed by atoms with Gasteiger partial charge in [-0.25, -0.2) is 4.79 Å². The molecule has 1 aliphatic rings. The van der Waals surface area contributed by atoms with Gasteiger partial charge in [0.05, 0.1) is 12.6 Å². The van der Waals surface area contributed by atoms with Crippen molar-refractivity contribution in [2.24, 2.45) is 0 Å². The summed E-state index contributed by atoms with van der Waals surface area (Å²) in [4.78, 5) is 15.6. The number of thiophene rings is 2. The Kier molecular flexibility index (Phi) is 5.48. The first-order valence-corrected chi connectivity index (χ1v) is 9.45.